The van der Waals surface area contributed by atoms with E-state index in [1.807, 2.05) is 7.05 Å². The lowest BCUT2D eigenvalue weighted by atomic mass is 10.1. The van der Waals surface area contributed by atoms with Crippen LogP contribution in [0.1, 0.15) is 39.5 Å². The van der Waals surface area contributed by atoms with E-state index in [-0.39, 0.29) is 23.7 Å². The molecule has 1 rings (SSSR count). The summed E-state index contributed by atoms with van der Waals surface area (Å²) in [5.74, 6) is -0.754. The van der Waals surface area contributed by atoms with Gasteiger partial charge in [-0.1, -0.05) is 26.7 Å². The summed E-state index contributed by atoms with van der Waals surface area (Å²) in [6, 6.07) is 0.178. The average molecular weight is 240 g/mol. The Labute approximate surface area is 104 Å². The molecule has 0 spiro atoms. The van der Waals surface area contributed by atoms with Crippen LogP contribution in [-0.2, 0) is 9.59 Å². The Morgan fingerprint density at radius 2 is 2.00 bits per heavy atom. The highest BCUT2D eigenvalue weighted by Crippen LogP contribution is 2.17. The average Bonchev–Trinajstić information content (AvgIpc) is 2.53. The number of ketones is 1. The Balaban J connectivity index is 2.74. The van der Waals surface area contributed by atoms with Crippen LogP contribution in [0.15, 0.2) is 0 Å². The van der Waals surface area contributed by atoms with Gasteiger partial charge < -0.3 is 10.2 Å². The first-order chi connectivity index (χ1) is 8.07. The summed E-state index contributed by atoms with van der Waals surface area (Å²) in [5.41, 5.74) is 0. The van der Waals surface area contributed by atoms with Crippen molar-refractivity contribution in [3.63, 3.8) is 0 Å². The molecule has 1 aliphatic heterocycles. The molecule has 4 heteroatoms. The Kier molecular flexibility index (Phi) is 5.62. The topological polar surface area (TPSA) is 49.4 Å². The monoisotopic (exact) mass is 240 g/mol. The maximum Gasteiger partial charge on any atom is 0.290 e. The highest BCUT2D eigenvalue weighted by atomic mass is 16.2. The van der Waals surface area contributed by atoms with E-state index < -0.39 is 0 Å². The number of rotatable bonds is 4. The molecule has 0 aliphatic carbocycles. The largest absolute Gasteiger partial charge is 0.332 e. The van der Waals surface area contributed by atoms with Gasteiger partial charge in [0, 0.05) is 25.0 Å². The summed E-state index contributed by atoms with van der Waals surface area (Å²) in [6.45, 7) is 5.07. The predicted octanol–water partition coefficient (Wildman–Crippen LogP) is 1.20. The maximum atomic E-state index is 12.1. The van der Waals surface area contributed by atoms with E-state index in [9.17, 15) is 9.59 Å². The molecule has 1 saturated heterocycles. The molecule has 0 aromatic rings. The number of nitrogens with zero attached hydrogens (tertiary/aromatic N) is 1. The molecule has 0 bridgehead atoms. The van der Waals surface area contributed by atoms with Gasteiger partial charge in [-0.15, -0.1) is 0 Å². The van der Waals surface area contributed by atoms with E-state index in [4.69, 9.17) is 0 Å². The number of amides is 1. The minimum absolute atomic E-state index is 0.178. The van der Waals surface area contributed by atoms with E-state index in [1.54, 1.807) is 18.7 Å². The van der Waals surface area contributed by atoms with Gasteiger partial charge in [-0.2, -0.15) is 0 Å². The van der Waals surface area contributed by atoms with Gasteiger partial charge in [-0.3, -0.25) is 9.59 Å². The third kappa shape index (κ3) is 3.80. The van der Waals surface area contributed by atoms with Crippen molar-refractivity contribution in [2.24, 2.45) is 5.92 Å². The molecular formula is C13H24N2O2. The summed E-state index contributed by atoms with van der Waals surface area (Å²) >= 11 is 0. The van der Waals surface area contributed by atoms with E-state index in [1.165, 1.54) is 0 Å². The fourth-order valence-corrected chi connectivity index (χ4v) is 2.28. The smallest absolute Gasteiger partial charge is 0.290 e. The molecular weight excluding hydrogens is 216 g/mol. The number of nitrogens with one attached hydrogen (secondary N) is 1. The van der Waals surface area contributed by atoms with Crippen LogP contribution in [0.25, 0.3) is 0 Å². The van der Waals surface area contributed by atoms with Crippen LogP contribution in [0.2, 0.25) is 0 Å². The minimum atomic E-state index is -0.290. The van der Waals surface area contributed by atoms with Gasteiger partial charge >= 0.3 is 0 Å². The zero-order valence-electron chi connectivity index (χ0n) is 11.2. The van der Waals surface area contributed by atoms with E-state index in [0.717, 1.165) is 38.8 Å². The molecule has 1 N–H and O–H groups in total. The fourth-order valence-electron chi connectivity index (χ4n) is 2.28. The van der Waals surface area contributed by atoms with Gasteiger partial charge in [0.1, 0.15) is 0 Å². The standard InChI is InChI=1S/C13H24N2O2/c1-10(2)12(16)13(17)15-8-6-4-5-7-11(15)9-14-3/h10-11,14H,4-9H2,1-3H3. The third-order valence-corrected chi connectivity index (χ3v) is 3.31. The predicted molar refractivity (Wildman–Crippen MR) is 67.7 cm³/mol. The van der Waals surface area contributed by atoms with Crippen LogP contribution in [0.3, 0.4) is 0 Å². The van der Waals surface area contributed by atoms with Crippen LogP contribution < -0.4 is 5.32 Å². The highest BCUT2D eigenvalue weighted by molar-refractivity contribution is 6.36. The summed E-state index contributed by atoms with van der Waals surface area (Å²) in [6.07, 6.45) is 4.31. The van der Waals surface area contributed by atoms with Crippen LogP contribution in [-0.4, -0.2) is 42.8 Å². The number of carbonyl (C=O) groups is 2. The molecule has 1 fully saturated rings. The van der Waals surface area contributed by atoms with Gasteiger partial charge in [-0.25, -0.2) is 0 Å². The number of hydrogen-bond donors (Lipinski definition) is 1. The molecule has 1 amide bonds. The maximum absolute atomic E-state index is 12.1. The molecule has 0 aromatic heterocycles. The first kappa shape index (κ1) is 14.2. The lowest BCUT2D eigenvalue weighted by molar-refractivity contribution is -0.147. The van der Waals surface area contributed by atoms with Gasteiger partial charge in [0.05, 0.1) is 0 Å². The Morgan fingerprint density at radius 1 is 1.29 bits per heavy atom. The van der Waals surface area contributed by atoms with Gasteiger partial charge in [0.15, 0.2) is 0 Å². The van der Waals surface area contributed by atoms with Crippen molar-refractivity contribution in [1.82, 2.24) is 10.2 Å². The first-order valence-corrected chi connectivity index (χ1v) is 6.57. The fraction of sp³-hybridized carbons (Fsp3) is 0.846. The molecule has 17 heavy (non-hydrogen) atoms. The van der Waals surface area contributed by atoms with E-state index in [2.05, 4.69) is 5.32 Å². The van der Waals surface area contributed by atoms with Crippen molar-refractivity contribution in [1.29, 1.82) is 0 Å². The van der Waals surface area contributed by atoms with Gasteiger partial charge in [-0.05, 0) is 19.9 Å². The second-order valence-corrected chi connectivity index (χ2v) is 5.08. The quantitative estimate of drug-likeness (QED) is 0.751. The lowest BCUT2D eigenvalue weighted by Crippen LogP contribution is -2.48. The van der Waals surface area contributed by atoms with E-state index in [0.29, 0.717) is 0 Å². The van der Waals surface area contributed by atoms with Gasteiger partial charge in [0.25, 0.3) is 5.91 Å². The van der Waals surface area contributed by atoms with E-state index >= 15 is 0 Å². The van der Waals surface area contributed by atoms with Gasteiger partial charge in [0.2, 0.25) is 5.78 Å². The summed E-state index contributed by atoms with van der Waals surface area (Å²) < 4.78 is 0. The SMILES string of the molecule is CNCC1CCCCCN1C(=O)C(=O)C(C)C. The summed E-state index contributed by atoms with van der Waals surface area (Å²) in [7, 11) is 1.89. The molecule has 98 valence electrons. The highest BCUT2D eigenvalue weighted by Gasteiger charge is 2.30. The molecule has 1 atom stereocenters. The molecule has 1 unspecified atom stereocenters. The van der Waals surface area contributed by atoms with Crippen LogP contribution in [0.4, 0.5) is 0 Å². The van der Waals surface area contributed by atoms with Crippen LogP contribution >= 0.6 is 0 Å². The number of carbonyl (C=O) groups excluding carboxylic acids is 2. The minimum Gasteiger partial charge on any atom is -0.332 e. The molecule has 1 heterocycles. The van der Waals surface area contributed by atoms with Crippen LogP contribution in [0.5, 0.6) is 0 Å². The molecule has 1 aliphatic rings. The second-order valence-electron chi connectivity index (χ2n) is 5.08. The Hall–Kier alpha value is -0.900. The number of likely N-dealkylation sites (tertiary alicyclic amines) is 1. The second kappa shape index (κ2) is 6.74. The number of hydrogen-bond acceptors (Lipinski definition) is 3. The van der Waals surface area contributed by atoms with Crippen molar-refractivity contribution in [2.45, 2.75) is 45.6 Å². The number of Topliss-reactive ketones (excluding diaryl/α,β-unsaturated/α-hetero) is 1. The summed E-state index contributed by atoms with van der Waals surface area (Å²) in [5, 5.41) is 3.11. The zero-order valence-corrected chi connectivity index (χ0v) is 11.2. The van der Waals surface area contributed by atoms with Crippen molar-refractivity contribution < 1.29 is 9.59 Å². The Bertz CT molecular complexity index is 277. The third-order valence-electron chi connectivity index (χ3n) is 3.31. The Morgan fingerprint density at radius 3 is 2.59 bits per heavy atom. The van der Waals surface area contributed by atoms with Crippen molar-refractivity contribution >= 4 is 11.7 Å². The first-order valence-electron chi connectivity index (χ1n) is 6.57. The van der Waals surface area contributed by atoms with Crippen molar-refractivity contribution in [3.8, 4) is 0 Å². The van der Waals surface area contributed by atoms with Crippen molar-refractivity contribution in [3.05, 3.63) is 0 Å². The molecule has 0 aromatic carbocycles. The summed E-state index contributed by atoms with van der Waals surface area (Å²) in [4.78, 5) is 25.7. The molecule has 0 saturated carbocycles. The van der Waals surface area contributed by atoms with Crippen LogP contribution in [0, 0.1) is 5.92 Å². The normalized spacial score (nSPS) is 21.4. The molecule has 4 nitrogen and oxygen atoms in total. The zero-order chi connectivity index (χ0) is 12.8. The lowest BCUT2D eigenvalue weighted by Gasteiger charge is -2.29. The molecule has 0 radical (unpaired) electrons. The van der Waals surface area contributed by atoms with Crippen molar-refractivity contribution in [2.75, 3.05) is 20.1 Å². The number of likely N-dealkylation sites (N-methyl/N-ethyl adjacent to an activating group) is 1.